The van der Waals surface area contributed by atoms with Crippen LogP contribution in [0.1, 0.15) is 19.4 Å². The van der Waals surface area contributed by atoms with Gasteiger partial charge in [-0.15, -0.1) is 0 Å². The molecule has 0 heterocycles. The molecule has 0 aliphatic rings. The molecular formula is C14H23NO4. The molecule has 108 valence electrons. The Morgan fingerprint density at radius 1 is 1.00 bits per heavy atom. The summed E-state index contributed by atoms with van der Waals surface area (Å²) in [6.45, 7) is 4.70. The second-order valence-corrected chi connectivity index (χ2v) is 4.88. The lowest BCUT2D eigenvalue weighted by Gasteiger charge is -2.28. The monoisotopic (exact) mass is 269 g/mol. The highest BCUT2D eigenvalue weighted by Gasteiger charge is 2.26. The van der Waals surface area contributed by atoms with Crippen molar-refractivity contribution in [2.75, 3.05) is 34.6 Å². The highest BCUT2D eigenvalue weighted by molar-refractivity contribution is 5.53. The van der Waals surface area contributed by atoms with Crippen LogP contribution in [0, 0.1) is 0 Å². The Bertz CT molecular complexity index is 418. The average molecular weight is 269 g/mol. The smallest absolute Gasteiger partial charge is 0.164 e. The number of methoxy groups -OCH3 is 3. The summed E-state index contributed by atoms with van der Waals surface area (Å²) in [5.41, 5.74) is 0.779. The zero-order chi connectivity index (χ0) is 14.5. The molecule has 0 spiro atoms. The van der Waals surface area contributed by atoms with Crippen LogP contribution in [0.2, 0.25) is 0 Å². The third-order valence-electron chi connectivity index (χ3n) is 3.11. The van der Waals surface area contributed by atoms with Crippen LogP contribution in [0.25, 0.3) is 0 Å². The van der Waals surface area contributed by atoms with E-state index < -0.39 is 0 Å². The summed E-state index contributed by atoms with van der Waals surface area (Å²) >= 11 is 0. The quantitative estimate of drug-likeness (QED) is 0.735. The van der Waals surface area contributed by atoms with E-state index in [1.807, 2.05) is 12.1 Å². The lowest BCUT2D eigenvalue weighted by atomic mass is 9.83. The van der Waals surface area contributed by atoms with E-state index in [9.17, 15) is 0 Å². The zero-order valence-electron chi connectivity index (χ0n) is 12.2. The van der Waals surface area contributed by atoms with E-state index in [1.54, 1.807) is 21.3 Å². The number of ether oxygens (including phenoxy) is 3. The molecule has 0 aromatic heterocycles. The summed E-state index contributed by atoms with van der Waals surface area (Å²) in [5.74, 6) is 2.03. The Balaban J connectivity index is 3.24. The van der Waals surface area contributed by atoms with Crippen LogP contribution < -0.4 is 19.5 Å². The summed E-state index contributed by atoms with van der Waals surface area (Å²) < 4.78 is 16.0. The Labute approximate surface area is 114 Å². The van der Waals surface area contributed by atoms with Crippen molar-refractivity contribution in [1.29, 1.82) is 0 Å². The molecule has 0 aliphatic carbocycles. The molecule has 1 aromatic rings. The lowest BCUT2D eigenvalue weighted by Crippen LogP contribution is -2.33. The second-order valence-electron chi connectivity index (χ2n) is 4.88. The number of hydrogen-bond donors (Lipinski definition) is 2. The molecule has 19 heavy (non-hydrogen) atoms. The Hall–Kier alpha value is -1.46. The van der Waals surface area contributed by atoms with E-state index in [1.165, 1.54) is 0 Å². The van der Waals surface area contributed by atoms with Crippen molar-refractivity contribution in [2.24, 2.45) is 0 Å². The minimum atomic E-state index is -0.215. The molecule has 1 rings (SSSR count). The normalized spacial score (nSPS) is 11.3. The maximum absolute atomic E-state index is 8.90. The molecule has 0 atom stereocenters. The van der Waals surface area contributed by atoms with E-state index in [0.29, 0.717) is 18.0 Å². The number of rotatable bonds is 7. The predicted octanol–water partition coefficient (Wildman–Crippen LogP) is 1.53. The maximum atomic E-state index is 8.90. The molecule has 0 amide bonds. The van der Waals surface area contributed by atoms with Gasteiger partial charge in [-0.1, -0.05) is 13.8 Å². The third-order valence-corrected chi connectivity index (χ3v) is 3.11. The summed E-state index contributed by atoms with van der Waals surface area (Å²) in [6.07, 6.45) is 0. The summed E-state index contributed by atoms with van der Waals surface area (Å²) in [5, 5.41) is 11.8. The minimum Gasteiger partial charge on any atom is -0.496 e. The van der Waals surface area contributed by atoms with Crippen LogP contribution in [-0.4, -0.2) is 39.7 Å². The number of aliphatic hydroxyl groups is 1. The highest BCUT2D eigenvalue weighted by atomic mass is 16.5. The van der Waals surface area contributed by atoms with E-state index in [-0.39, 0.29) is 12.1 Å². The Morgan fingerprint density at radius 2 is 1.53 bits per heavy atom. The first kappa shape index (κ1) is 15.6. The van der Waals surface area contributed by atoms with E-state index in [2.05, 4.69) is 19.2 Å². The van der Waals surface area contributed by atoms with Crippen molar-refractivity contribution < 1.29 is 19.3 Å². The molecule has 0 aliphatic heterocycles. The molecule has 0 saturated heterocycles. The van der Waals surface area contributed by atoms with Gasteiger partial charge >= 0.3 is 0 Å². The van der Waals surface area contributed by atoms with E-state index in [4.69, 9.17) is 19.3 Å². The molecule has 5 nitrogen and oxygen atoms in total. The number of benzene rings is 1. The molecule has 2 N–H and O–H groups in total. The van der Waals surface area contributed by atoms with Gasteiger partial charge in [0.25, 0.3) is 0 Å². The third kappa shape index (κ3) is 3.52. The fraction of sp³-hybridized carbons (Fsp3) is 0.571. The first-order chi connectivity index (χ1) is 9.00. The van der Waals surface area contributed by atoms with Gasteiger partial charge in [0.05, 0.1) is 28.1 Å². The molecule has 0 radical (unpaired) electrons. The summed E-state index contributed by atoms with van der Waals surface area (Å²) in [4.78, 5) is 0. The maximum Gasteiger partial charge on any atom is 0.164 e. The van der Waals surface area contributed by atoms with Gasteiger partial charge in [-0.2, -0.15) is 0 Å². The van der Waals surface area contributed by atoms with Crippen LogP contribution in [-0.2, 0) is 5.41 Å². The largest absolute Gasteiger partial charge is 0.496 e. The highest BCUT2D eigenvalue weighted by Crippen LogP contribution is 2.40. The molecule has 0 saturated carbocycles. The van der Waals surface area contributed by atoms with Crippen molar-refractivity contribution in [3.8, 4) is 17.2 Å². The van der Waals surface area contributed by atoms with Crippen LogP contribution in [0.15, 0.2) is 12.1 Å². The van der Waals surface area contributed by atoms with Gasteiger partial charge < -0.3 is 19.3 Å². The fourth-order valence-corrected chi connectivity index (χ4v) is 2.02. The van der Waals surface area contributed by atoms with Gasteiger partial charge in [0.2, 0.25) is 0 Å². The van der Waals surface area contributed by atoms with Crippen molar-refractivity contribution in [1.82, 2.24) is 5.32 Å². The van der Waals surface area contributed by atoms with Gasteiger partial charge in [0.1, 0.15) is 5.75 Å². The SMILES string of the molecule is COc1cc(OC)c(C(C)(C)CNCO)cc1OC. The molecule has 5 heteroatoms. The zero-order valence-corrected chi connectivity index (χ0v) is 12.2. The molecule has 0 bridgehead atoms. The second kappa shape index (κ2) is 6.63. The van der Waals surface area contributed by atoms with Gasteiger partial charge in [0, 0.05) is 23.6 Å². The first-order valence-corrected chi connectivity index (χ1v) is 6.12. The molecule has 1 aromatic carbocycles. The van der Waals surface area contributed by atoms with Gasteiger partial charge in [-0.3, -0.25) is 5.32 Å². The lowest BCUT2D eigenvalue weighted by molar-refractivity contribution is 0.246. The average Bonchev–Trinajstić information content (AvgIpc) is 2.43. The Morgan fingerprint density at radius 3 is 2.00 bits per heavy atom. The molecule has 0 unspecified atom stereocenters. The predicted molar refractivity (Wildman–Crippen MR) is 74.2 cm³/mol. The van der Waals surface area contributed by atoms with E-state index >= 15 is 0 Å². The van der Waals surface area contributed by atoms with E-state index in [0.717, 1.165) is 11.3 Å². The van der Waals surface area contributed by atoms with Crippen LogP contribution in [0.5, 0.6) is 17.2 Å². The van der Waals surface area contributed by atoms with Crippen molar-refractivity contribution in [3.05, 3.63) is 17.7 Å². The molecular weight excluding hydrogens is 246 g/mol. The number of nitrogens with one attached hydrogen (secondary N) is 1. The van der Waals surface area contributed by atoms with Crippen molar-refractivity contribution in [2.45, 2.75) is 19.3 Å². The van der Waals surface area contributed by atoms with Crippen molar-refractivity contribution in [3.63, 3.8) is 0 Å². The Kier molecular flexibility index (Phi) is 5.44. The van der Waals surface area contributed by atoms with Gasteiger partial charge in [-0.25, -0.2) is 0 Å². The van der Waals surface area contributed by atoms with Crippen LogP contribution in [0.4, 0.5) is 0 Å². The van der Waals surface area contributed by atoms with Gasteiger partial charge in [0.15, 0.2) is 11.5 Å². The summed E-state index contributed by atoms with van der Waals surface area (Å²) in [6, 6.07) is 3.73. The standard InChI is InChI=1S/C14H23NO4/c1-14(2,8-15-9-16)10-6-12(18-4)13(19-5)7-11(10)17-3/h6-7,15-16H,8-9H2,1-5H3. The number of hydrogen-bond acceptors (Lipinski definition) is 5. The minimum absolute atomic E-state index is 0.0565. The molecule has 0 fully saturated rings. The van der Waals surface area contributed by atoms with Crippen LogP contribution >= 0.6 is 0 Å². The fourth-order valence-electron chi connectivity index (χ4n) is 2.02. The first-order valence-electron chi connectivity index (χ1n) is 6.12. The topological polar surface area (TPSA) is 60.0 Å². The van der Waals surface area contributed by atoms with Crippen molar-refractivity contribution >= 4 is 0 Å². The number of aliphatic hydroxyl groups excluding tert-OH is 1. The summed E-state index contributed by atoms with van der Waals surface area (Å²) in [7, 11) is 4.82. The van der Waals surface area contributed by atoms with Crippen LogP contribution in [0.3, 0.4) is 0 Å². The van der Waals surface area contributed by atoms with Gasteiger partial charge in [-0.05, 0) is 6.07 Å².